The molecular formula is C13H15NO2S. The van der Waals surface area contributed by atoms with Crippen LogP contribution in [0.5, 0.6) is 5.75 Å². The van der Waals surface area contributed by atoms with Crippen molar-refractivity contribution in [1.82, 2.24) is 4.98 Å². The molecule has 0 fully saturated rings. The van der Waals surface area contributed by atoms with E-state index in [0.717, 1.165) is 21.2 Å². The van der Waals surface area contributed by atoms with Crippen LogP contribution in [0.15, 0.2) is 30.5 Å². The molecule has 0 unspecified atom stereocenters. The summed E-state index contributed by atoms with van der Waals surface area (Å²) in [5.74, 6) is 0.846. The van der Waals surface area contributed by atoms with Crippen molar-refractivity contribution in [3.8, 4) is 16.3 Å². The van der Waals surface area contributed by atoms with E-state index in [1.807, 2.05) is 38.1 Å². The Morgan fingerprint density at radius 3 is 2.88 bits per heavy atom. The Bertz CT molecular complexity index is 494. The Morgan fingerprint density at radius 2 is 2.24 bits per heavy atom. The molecule has 4 heteroatoms. The number of thiazole rings is 1. The van der Waals surface area contributed by atoms with Gasteiger partial charge in [0.15, 0.2) is 0 Å². The van der Waals surface area contributed by atoms with Crippen molar-refractivity contribution in [2.45, 2.75) is 26.6 Å². The summed E-state index contributed by atoms with van der Waals surface area (Å²) in [5.41, 5.74) is 1.02. The number of hydrogen-bond acceptors (Lipinski definition) is 4. The molecule has 0 aliphatic rings. The number of aliphatic hydroxyl groups is 1. The number of hydrogen-bond donors (Lipinski definition) is 1. The van der Waals surface area contributed by atoms with Gasteiger partial charge in [0.2, 0.25) is 0 Å². The molecule has 17 heavy (non-hydrogen) atoms. The van der Waals surface area contributed by atoms with Gasteiger partial charge in [0.1, 0.15) is 10.8 Å². The Kier molecular flexibility index (Phi) is 3.76. The predicted molar refractivity (Wildman–Crippen MR) is 69.2 cm³/mol. The second-order valence-corrected chi connectivity index (χ2v) is 5.10. The molecule has 0 atom stereocenters. The zero-order valence-corrected chi connectivity index (χ0v) is 10.7. The van der Waals surface area contributed by atoms with E-state index < -0.39 is 0 Å². The van der Waals surface area contributed by atoms with Crippen LogP contribution in [0.2, 0.25) is 0 Å². The summed E-state index contributed by atoms with van der Waals surface area (Å²) in [7, 11) is 0. The molecular weight excluding hydrogens is 234 g/mol. The van der Waals surface area contributed by atoms with Gasteiger partial charge in [-0.25, -0.2) is 4.98 Å². The largest absolute Gasteiger partial charge is 0.491 e. The van der Waals surface area contributed by atoms with Crippen molar-refractivity contribution in [2.75, 3.05) is 0 Å². The van der Waals surface area contributed by atoms with Crippen LogP contribution < -0.4 is 4.74 Å². The van der Waals surface area contributed by atoms with Gasteiger partial charge in [0.25, 0.3) is 0 Å². The molecule has 2 aromatic rings. The summed E-state index contributed by atoms with van der Waals surface area (Å²) in [6.07, 6.45) is 1.87. The maximum absolute atomic E-state index is 9.02. The second-order valence-electron chi connectivity index (χ2n) is 3.98. The van der Waals surface area contributed by atoms with Crippen molar-refractivity contribution in [2.24, 2.45) is 0 Å². The smallest absolute Gasteiger partial charge is 0.123 e. The second kappa shape index (κ2) is 5.29. The first-order valence-corrected chi connectivity index (χ1v) is 6.33. The fourth-order valence-electron chi connectivity index (χ4n) is 1.49. The molecule has 1 N–H and O–H groups in total. The predicted octanol–water partition coefficient (Wildman–Crippen LogP) is 3.09. The lowest BCUT2D eigenvalue weighted by Gasteiger charge is -2.09. The molecule has 3 nitrogen and oxygen atoms in total. The highest BCUT2D eigenvalue weighted by Crippen LogP contribution is 2.28. The minimum absolute atomic E-state index is 0.0415. The summed E-state index contributed by atoms with van der Waals surface area (Å²) in [5, 5.41) is 9.92. The van der Waals surface area contributed by atoms with Gasteiger partial charge in [-0.3, -0.25) is 0 Å². The van der Waals surface area contributed by atoms with Crippen LogP contribution in [0.3, 0.4) is 0 Å². The van der Waals surface area contributed by atoms with E-state index in [9.17, 15) is 0 Å². The number of aliphatic hydroxyl groups excluding tert-OH is 1. The van der Waals surface area contributed by atoms with E-state index in [0.29, 0.717) is 0 Å². The van der Waals surface area contributed by atoms with Crippen LogP contribution >= 0.6 is 11.3 Å². The normalized spacial score (nSPS) is 10.8. The average molecular weight is 249 g/mol. The Morgan fingerprint density at radius 1 is 1.41 bits per heavy atom. The first-order valence-electron chi connectivity index (χ1n) is 5.51. The fourth-order valence-corrected chi connectivity index (χ4v) is 2.26. The van der Waals surface area contributed by atoms with Gasteiger partial charge in [-0.15, -0.1) is 11.3 Å². The molecule has 1 aromatic carbocycles. The lowest BCUT2D eigenvalue weighted by atomic mass is 10.2. The van der Waals surface area contributed by atoms with Crippen molar-refractivity contribution < 1.29 is 9.84 Å². The molecule has 0 spiro atoms. The molecule has 0 radical (unpaired) electrons. The van der Waals surface area contributed by atoms with E-state index in [1.54, 1.807) is 6.20 Å². The van der Waals surface area contributed by atoms with Crippen LogP contribution in [-0.2, 0) is 6.61 Å². The Labute approximate surface area is 105 Å². The lowest BCUT2D eigenvalue weighted by Crippen LogP contribution is -2.05. The third kappa shape index (κ3) is 3.05. The van der Waals surface area contributed by atoms with Crippen LogP contribution in [0, 0.1) is 0 Å². The molecule has 0 aliphatic carbocycles. The minimum Gasteiger partial charge on any atom is -0.491 e. The van der Waals surface area contributed by atoms with Crippen molar-refractivity contribution in [3.63, 3.8) is 0 Å². The quantitative estimate of drug-likeness (QED) is 0.905. The number of benzene rings is 1. The van der Waals surface area contributed by atoms with E-state index in [4.69, 9.17) is 9.84 Å². The van der Waals surface area contributed by atoms with E-state index in [2.05, 4.69) is 4.98 Å². The van der Waals surface area contributed by atoms with E-state index in [-0.39, 0.29) is 12.7 Å². The Hall–Kier alpha value is -1.39. The number of nitrogens with zero attached hydrogens (tertiary/aromatic N) is 1. The molecule has 0 aliphatic heterocycles. The van der Waals surface area contributed by atoms with Crippen molar-refractivity contribution >= 4 is 11.3 Å². The summed E-state index contributed by atoms with van der Waals surface area (Å²) in [6, 6.07) is 7.85. The third-order valence-corrected chi connectivity index (χ3v) is 3.19. The first-order chi connectivity index (χ1) is 8.19. The average Bonchev–Trinajstić information content (AvgIpc) is 2.77. The minimum atomic E-state index is 0.0415. The Balaban J connectivity index is 2.26. The monoisotopic (exact) mass is 249 g/mol. The molecule has 0 amide bonds. The maximum Gasteiger partial charge on any atom is 0.123 e. The van der Waals surface area contributed by atoms with Gasteiger partial charge < -0.3 is 9.84 Å². The molecule has 1 aromatic heterocycles. The maximum atomic E-state index is 9.02. The summed E-state index contributed by atoms with van der Waals surface area (Å²) in [6.45, 7) is 4.04. The highest BCUT2D eigenvalue weighted by Gasteiger charge is 2.06. The highest BCUT2D eigenvalue weighted by atomic mass is 32.1. The standard InChI is InChI=1S/C13H15NO2S/c1-9(2)16-11-5-3-4-10(6-11)13-14-7-12(8-15)17-13/h3-7,9,15H,8H2,1-2H3. The van der Waals surface area contributed by atoms with Gasteiger partial charge in [-0.2, -0.15) is 0 Å². The lowest BCUT2D eigenvalue weighted by molar-refractivity contribution is 0.242. The zero-order valence-electron chi connectivity index (χ0n) is 9.88. The van der Waals surface area contributed by atoms with Gasteiger partial charge >= 0.3 is 0 Å². The van der Waals surface area contributed by atoms with Crippen LogP contribution in [0.25, 0.3) is 10.6 Å². The fraction of sp³-hybridized carbons (Fsp3) is 0.308. The van der Waals surface area contributed by atoms with Gasteiger partial charge in [0, 0.05) is 11.8 Å². The zero-order chi connectivity index (χ0) is 12.3. The molecule has 0 bridgehead atoms. The molecule has 2 rings (SSSR count). The van der Waals surface area contributed by atoms with E-state index >= 15 is 0 Å². The van der Waals surface area contributed by atoms with Crippen LogP contribution in [0.4, 0.5) is 0 Å². The summed E-state index contributed by atoms with van der Waals surface area (Å²) >= 11 is 1.50. The molecule has 1 heterocycles. The topological polar surface area (TPSA) is 42.4 Å². The van der Waals surface area contributed by atoms with Gasteiger partial charge in [0.05, 0.1) is 17.6 Å². The summed E-state index contributed by atoms with van der Waals surface area (Å²) in [4.78, 5) is 5.15. The van der Waals surface area contributed by atoms with Crippen LogP contribution in [-0.4, -0.2) is 16.2 Å². The molecule has 90 valence electrons. The number of ether oxygens (including phenoxy) is 1. The van der Waals surface area contributed by atoms with Gasteiger partial charge in [-0.1, -0.05) is 12.1 Å². The summed E-state index contributed by atoms with van der Waals surface area (Å²) < 4.78 is 5.64. The molecule has 0 saturated heterocycles. The van der Waals surface area contributed by atoms with Crippen molar-refractivity contribution in [1.29, 1.82) is 0 Å². The third-order valence-electron chi connectivity index (χ3n) is 2.16. The van der Waals surface area contributed by atoms with Gasteiger partial charge in [-0.05, 0) is 26.0 Å². The SMILES string of the molecule is CC(C)Oc1cccc(-c2ncc(CO)s2)c1. The van der Waals surface area contributed by atoms with Crippen molar-refractivity contribution in [3.05, 3.63) is 35.3 Å². The first kappa shape index (κ1) is 12.1. The van der Waals surface area contributed by atoms with Crippen LogP contribution in [0.1, 0.15) is 18.7 Å². The highest BCUT2D eigenvalue weighted by molar-refractivity contribution is 7.15. The van der Waals surface area contributed by atoms with E-state index in [1.165, 1.54) is 11.3 Å². The number of rotatable bonds is 4. The number of aromatic nitrogens is 1. The molecule has 0 saturated carbocycles.